The molecule has 0 radical (unpaired) electrons. The highest BCUT2D eigenvalue weighted by molar-refractivity contribution is 6.02. The molecular formula is C18H20N2O. The molecule has 0 saturated carbocycles. The lowest BCUT2D eigenvalue weighted by Gasteiger charge is -2.13. The van der Waals surface area contributed by atoms with Gasteiger partial charge in [-0.15, -0.1) is 0 Å². The minimum atomic E-state index is -0.0188. The average Bonchev–Trinajstić information content (AvgIpc) is 2.81. The molecule has 3 nitrogen and oxygen atoms in total. The monoisotopic (exact) mass is 280 g/mol. The zero-order chi connectivity index (χ0) is 14.8. The lowest BCUT2D eigenvalue weighted by Crippen LogP contribution is -2.13. The largest absolute Gasteiger partial charge is 0.378 e. The Morgan fingerprint density at radius 1 is 1.05 bits per heavy atom. The van der Waals surface area contributed by atoms with Crippen LogP contribution in [0.1, 0.15) is 23.5 Å². The Kier molecular flexibility index (Phi) is 3.65. The van der Waals surface area contributed by atoms with E-state index in [0.717, 1.165) is 24.1 Å². The molecule has 1 aliphatic heterocycles. The minimum Gasteiger partial charge on any atom is -0.378 e. The first kappa shape index (κ1) is 13.7. The molecular weight excluding hydrogens is 260 g/mol. The number of amides is 1. The van der Waals surface area contributed by atoms with Crippen LogP contribution < -0.4 is 10.2 Å². The molecule has 1 unspecified atom stereocenters. The molecule has 108 valence electrons. The van der Waals surface area contributed by atoms with Gasteiger partial charge in [0, 0.05) is 25.5 Å². The van der Waals surface area contributed by atoms with E-state index < -0.39 is 0 Å². The van der Waals surface area contributed by atoms with Crippen LogP contribution in [0.3, 0.4) is 0 Å². The SMILES string of the molecule is CN(C)c1ccc(CCC2C(=O)Nc3ccccc32)cc1. The maximum atomic E-state index is 12.1. The number of benzene rings is 2. The van der Waals surface area contributed by atoms with Gasteiger partial charge in [-0.2, -0.15) is 0 Å². The first-order valence-corrected chi connectivity index (χ1v) is 7.31. The van der Waals surface area contributed by atoms with Crippen molar-refractivity contribution in [3.8, 4) is 0 Å². The summed E-state index contributed by atoms with van der Waals surface area (Å²) in [5.74, 6) is 0.107. The van der Waals surface area contributed by atoms with Gasteiger partial charge in [0.25, 0.3) is 0 Å². The highest BCUT2D eigenvalue weighted by atomic mass is 16.2. The summed E-state index contributed by atoms with van der Waals surface area (Å²) in [4.78, 5) is 14.2. The van der Waals surface area contributed by atoms with Crippen molar-refractivity contribution in [1.29, 1.82) is 0 Å². The fourth-order valence-corrected chi connectivity index (χ4v) is 2.83. The van der Waals surface area contributed by atoms with Crippen molar-refractivity contribution < 1.29 is 4.79 Å². The third-order valence-corrected chi connectivity index (χ3v) is 4.08. The molecule has 1 heterocycles. The third-order valence-electron chi connectivity index (χ3n) is 4.08. The molecule has 0 saturated heterocycles. The predicted molar refractivity (Wildman–Crippen MR) is 86.9 cm³/mol. The summed E-state index contributed by atoms with van der Waals surface area (Å²) in [5, 5.41) is 2.96. The molecule has 1 atom stereocenters. The molecule has 0 aromatic heterocycles. The summed E-state index contributed by atoms with van der Waals surface area (Å²) in [6.45, 7) is 0. The standard InChI is InChI=1S/C18H20N2O/c1-20(2)14-10-7-13(8-11-14)9-12-16-15-5-3-4-6-17(15)19-18(16)21/h3-8,10-11,16H,9,12H2,1-2H3,(H,19,21). The van der Waals surface area contributed by atoms with E-state index in [1.165, 1.54) is 11.3 Å². The van der Waals surface area contributed by atoms with Gasteiger partial charge in [0.2, 0.25) is 5.91 Å². The van der Waals surface area contributed by atoms with Gasteiger partial charge >= 0.3 is 0 Å². The number of rotatable bonds is 4. The van der Waals surface area contributed by atoms with Crippen LogP contribution in [0.5, 0.6) is 0 Å². The van der Waals surface area contributed by atoms with Crippen LogP contribution in [0, 0.1) is 0 Å². The first-order chi connectivity index (χ1) is 10.1. The Morgan fingerprint density at radius 3 is 2.48 bits per heavy atom. The predicted octanol–water partition coefficient (Wildman–Crippen LogP) is 3.42. The van der Waals surface area contributed by atoms with E-state index in [1.54, 1.807) is 0 Å². The zero-order valence-electron chi connectivity index (χ0n) is 12.5. The van der Waals surface area contributed by atoms with Crippen molar-refractivity contribution in [3.05, 3.63) is 59.7 Å². The molecule has 3 rings (SSSR count). The van der Waals surface area contributed by atoms with Crippen LogP contribution in [-0.2, 0) is 11.2 Å². The molecule has 3 heteroatoms. The van der Waals surface area contributed by atoms with Crippen molar-refractivity contribution in [2.24, 2.45) is 0 Å². The van der Waals surface area contributed by atoms with Gasteiger partial charge in [0.05, 0.1) is 5.92 Å². The van der Waals surface area contributed by atoms with Gasteiger partial charge in [-0.25, -0.2) is 0 Å². The summed E-state index contributed by atoms with van der Waals surface area (Å²) < 4.78 is 0. The first-order valence-electron chi connectivity index (χ1n) is 7.31. The minimum absolute atomic E-state index is 0.0188. The van der Waals surface area contributed by atoms with Gasteiger partial charge in [-0.05, 0) is 42.2 Å². The van der Waals surface area contributed by atoms with E-state index in [0.29, 0.717) is 0 Å². The van der Waals surface area contributed by atoms with E-state index in [4.69, 9.17) is 0 Å². The number of hydrogen-bond donors (Lipinski definition) is 1. The Balaban J connectivity index is 1.69. The average molecular weight is 280 g/mol. The lowest BCUT2D eigenvalue weighted by atomic mass is 9.93. The molecule has 2 aromatic carbocycles. The number of nitrogens with one attached hydrogen (secondary N) is 1. The Morgan fingerprint density at radius 2 is 1.76 bits per heavy atom. The topological polar surface area (TPSA) is 32.3 Å². The van der Waals surface area contributed by atoms with Crippen LogP contribution in [-0.4, -0.2) is 20.0 Å². The van der Waals surface area contributed by atoms with Gasteiger partial charge in [0.15, 0.2) is 0 Å². The van der Waals surface area contributed by atoms with E-state index in [-0.39, 0.29) is 11.8 Å². The fraction of sp³-hybridized carbons (Fsp3) is 0.278. The normalized spacial score (nSPS) is 16.5. The molecule has 0 aliphatic carbocycles. The van der Waals surface area contributed by atoms with Gasteiger partial charge in [-0.1, -0.05) is 30.3 Å². The molecule has 1 N–H and O–H groups in total. The van der Waals surface area contributed by atoms with Crippen molar-refractivity contribution in [1.82, 2.24) is 0 Å². The van der Waals surface area contributed by atoms with E-state index in [9.17, 15) is 4.79 Å². The van der Waals surface area contributed by atoms with Crippen LogP contribution >= 0.6 is 0 Å². The molecule has 0 spiro atoms. The van der Waals surface area contributed by atoms with Crippen LogP contribution in [0.4, 0.5) is 11.4 Å². The second kappa shape index (κ2) is 5.60. The summed E-state index contributed by atoms with van der Waals surface area (Å²) >= 11 is 0. The Hall–Kier alpha value is -2.29. The van der Waals surface area contributed by atoms with Crippen molar-refractivity contribution in [3.63, 3.8) is 0 Å². The molecule has 0 bridgehead atoms. The highest BCUT2D eigenvalue weighted by Crippen LogP contribution is 2.35. The molecule has 0 fully saturated rings. The number of anilines is 2. The van der Waals surface area contributed by atoms with E-state index >= 15 is 0 Å². The molecule has 2 aromatic rings. The number of para-hydroxylation sites is 1. The summed E-state index contributed by atoms with van der Waals surface area (Å²) in [6.07, 6.45) is 1.77. The van der Waals surface area contributed by atoms with Gasteiger partial charge in [-0.3, -0.25) is 4.79 Å². The maximum Gasteiger partial charge on any atom is 0.232 e. The number of carbonyl (C=O) groups excluding carboxylic acids is 1. The summed E-state index contributed by atoms with van der Waals surface area (Å²) in [5.41, 5.74) is 4.57. The molecule has 1 aliphatic rings. The van der Waals surface area contributed by atoms with Crippen molar-refractivity contribution >= 4 is 17.3 Å². The van der Waals surface area contributed by atoms with Crippen molar-refractivity contribution in [2.75, 3.05) is 24.3 Å². The van der Waals surface area contributed by atoms with Crippen LogP contribution in [0.25, 0.3) is 0 Å². The lowest BCUT2D eigenvalue weighted by molar-refractivity contribution is -0.117. The maximum absolute atomic E-state index is 12.1. The van der Waals surface area contributed by atoms with Gasteiger partial charge < -0.3 is 10.2 Å². The molecule has 21 heavy (non-hydrogen) atoms. The molecule has 1 amide bonds. The smallest absolute Gasteiger partial charge is 0.232 e. The second-order valence-electron chi connectivity index (χ2n) is 5.73. The van der Waals surface area contributed by atoms with Crippen molar-refractivity contribution in [2.45, 2.75) is 18.8 Å². The van der Waals surface area contributed by atoms with E-state index in [2.05, 4.69) is 34.5 Å². The quantitative estimate of drug-likeness (QED) is 0.930. The van der Waals surface area contributed by atoms with Gasteiger partial charge in [0.1, 0.15) is 0 Å². The third kappa shape index (κ3) is 2.77. The van der Waals surface area contributed by atoms with E-state index in [1.807, 2.05) is 38.4 Å². The number of nitrogens with zero attached hydrogens (tertiary/aromatic N) is 1. The second-order valence-corrected chi connectivity index (χ2v) is 5.73. The van der Waals surface area contributed by atoms with Crippen LogP contribution in [0.15, 0.2) is 48.5 Å². The van der Waals surface area contributed by atoms with Crippen LogP contribution in [0.2, 0.25) is 0 Å². The summed E-state index contributed by atoms with van der Waals surface area (Å²) in [7, 11) is 4.07. The highest BCUT2D eigenvalue weighted by Gasteiger charge is 2.29. The number of carbonyl (C=O) groups is 1. The number of aryl methyl sites for hydroxylation is 1. The Bertz CT molecular complexity index is 647. The zero-order valence-corrected chi connectivity index (χ0v) is 12.5. The number of fused-ring (bicyclic) bond motifs is 1. The fourth-order valence-electron chi connectivity index (χ4n) is 2.83. The number of hydrogen-bond acceptors (Lipinski definition) is 2. The Labute approximate surface area is 125 Å². The summed E-state index contributed by atoms with van der Waals surface area (Å²) in [6, 6.07) is 16.5.